The largest absolute Gasteiger partial charge is 0.488 e. The van der Waals surface area contributed by atoms with Crippen LogP contribution in [0.15, 0.2) is 67.0 Å². The Kier molecular flexibility index (Phi) is 6.41. The average Bonchev–Trinajstić information content (AvgIpc) is 2.73. The van der Waals surface area contributed by atoms with Crippen LogP contribution in [0, 0.1) is 18.3 Å². The fourth-order valence-electron chi connectivity index (χ4n) is 3.16. The van der Waals surface area contributed by atoms with E-state index in [4.69, 9.17) is 10.00 Å². The predicted octanol–water partition coefficient (Wildman–Crippen LogP) is 4.69. The lowest BCUT2D eigenvalue weighted by Gasteiger charge is -2.21. The normalized spacial score (nSPS) is 12.8. The van der Waals surface area contributed by atoms with Crippen LogP contribution in [-0.4, -0.2) is 22.3 Å². The van der Waals surface area contributed by atoms with Gasteiger partial charge in [0.25, 0.3) is 0 Å². The molecule has 0 radical (unpaired) electrons. The first-order valence-corrected chi connectivity index (χ1v) is 9.41. The highest BCUT2D eigenvalue weighted by Gasteiger charge is 2.16. The summed E-state index contributed by atoms with van der Waals surface area (Å²) in [5.74, 6) is 0.725. The van der Waals surface area contributed by atoms with E-state index in [9.17, 15) is 5.11 Å². The van der Waals surface area contributed by atoms with Crippen LogP contribution in [0.5, 0.6) is 5.75 Å². The molecule has 0 aliphatic heterocycles. The maximum Gasteiger partial charge on any atom is 0.122 e. The Morgan fingerprint density at radius 3 is 2.57 bits per heavy atom. The number of aryl methyl sites for hydroxylation is 2. The summed E-state index contributed by atoms with van der Waals surface area (Å²) in [6.45, 7) is 3.88. The molecule has 0 aliphatic carbocycles. The number of pyridine rings is 1. The zero-order valence-electron chi connectivity index (χ0n) is 16.2. The Hall–Kier alpha value is -3.16. The van der Waals surface area contributed by atoms with Gasteiger partial charge in [0.15, 0.2) is 0 Å². The molecule has 3 rings (SSSR count). The third kappa shape index (κ3) is 4.97. The smallest absolute Gasteiger partial charge is 0.122 e. The summed E-state index contributed by atoms with van der Waals surface area (Å²) < 4.78 is 5.91. The van der Waals surface area contributed by atoms with E-state index >= 15 is 0 Å². The van der Waals surface area contributed by atoms with Crippen LogP contribution in [0.3, 0.4) is 0 Å². The van der Waals surface area contributed by atoms with E-state index in [-0.39, 0.29) is 6.10 Å². The van der Waals surface area contributed by atoms with Crippen molar-refractivity contribution < 1.29 is 9.84 Å². The zero-order chi connectivity index (χ0) is 19.9. The van der Waals surface area contributed by atoms with Gasteiger partial charge in [0.2, 0.25) is 0 Å². The number of hydrogen-bond donors (Lipinski definition) is 1. The molecule has 2 aromatic carbocycles. The molecule has 4 heteroatoms. The monoisotopic (exact) mass is 372 g/mol. The second kappa shape index (κ2) is 9.16. The second-order valence-electron chi connectivity index (χ2n) is 6.96. The van der Waals surface area contributed by atoms with Gasteiger partial charge in [-0.2, -0.15) is 5.26 Å². The average molecular weight is 372 g/mol. The molecule has 28 heavy (non-hydrogen) atoms. The lowest BCUT2D eigenvalue weighted by molar-refractivity contribution is 0.0420. The number of aromatic nitrogens is 1. The summed E-state index contributed by atoms with van der Waals surface area (Å²) >= 11 is 0. The van der Waals surface area contributed by atoms with Crippen molar-refractivity contribution in [3.63, 3.8) is 0 Å². The predicted molar refractivity (Wildman–Crippen MR) is 110 cm³/mol. The number of hydrogen-bond acceptors (Lipinski definition) is 4. The van der Waals surface area contributed by atoms with Crippen molar-refractivity contribution in [2.75, 3.05) is 0 Å². The molecule has 2 atom stereocenters. The van der Waals surface area contributed by atoms with Gasteiger partial charge in [0, 0.05) is 12.4 Å². The van der Waals surface area contributed by atoms with Gasteiger partial charge >= 0.3 is 0 Å². The van der Waals surface area contributed by atoms with E-state index in [1.807, 2.05) is 74.6 Å². The molecule has 0 saturated heterocycles. The SMILES string of the molecule is Cc1cc(C#N)ccc1-c1ccc(OC(C)C(O)CCc2cccnc2)cc1. The van der Waals surface area contributed by atoms with Gasteiger partial charge in [-0.3, -0.25) is 4.98 Å². The van der Waals surface area contributed by atoms with E-state index in [1.54, 1.807) is 6.20 Å². The fraction of sp³-hybridized carbons (Fsp3) is 0.250. The number of ether oxygens (including phenoxy) is 1. The third-order valence-corrected chi connectivity index (χ3v) is 4.84. The molecule has 0 aliphatic rings. The van der Waals surface area contributed by atoms with Crippen molar-refractivity contribution in [1.82, 2.24) is 4.98 Å². The molecule has 1 heterocycles. The standard InChI is InChI=1S/C24H24N2O2/c1-17-14-20(15-25)5-11-23(17)21-7-9-22(10-8-21)28-18(2)24(27)12-6-19-4-3-13-26-16-19/h3-5,7-11,13-14,16,18,24,27H,6,12H2,1-2H3. The van der Waals surface area contributed by atoms with Crippen molar-refractivity contribution in [2.45, 2.75) is 38.9 Å². The molecule has 4 nitrogen and oxygen atoms in total. The van der Waals surface area contributed by atoms with Crippen LogP contribution in [0.4, 0.5) is 0 Å². The van der Waals surface area contributed by atoms with Gasteiger partial charge in [-0.25, -0.2) is 0 Å². The minimum Gasteiger partial charge on any atom is -0.488 e. The van der Waals surface area contributed by atoms with Gasteiger partial charge < -0.3 is 9.84 Å². The highest BCUT2D eigenvalue weighted by molar-refractivity contribution is 5.68. The Bertz CT molecular complexity index is 947. The summed E-state index contributed by atoms with van der Waals surface area (Å²) in [5.41, 5.74) is 4.99. The highest BCUT2D eigenvalue weighted by Crippen LogP contribution is 2.27. The molecule has 142 valence electrons. The molecular formula is C24H24N2O2. The molecule has 3 aromatic rings. The molecule has 0 bridgehead atoms. The van der Waals surface area contributed by atoms with Gasteiger partial charge in [0.1, 0.15) is 11.9 Å². The summed E-state index contributed by atoms with van der Waals surface area (Å²) in [4.78, 5) is 4.10. The minimum absolute atomic E-state index is 0.306. The molecule has 1 aromatic heterocycles. The van der Waals surface area contributed by atoms with Crippen molar-refractivity contribution in [3.8, 4) is 22.9 Å². The number of rotatable bonds is 7. The van der Waals surface area contributed by atoms with Gasteiger partial charge in [-0.05, 0) is 79.3 Å². The van der Waals surface area contributed by atoms with Crippen molar-refractivity contribution in [2.24, 2.45) is 0 Å². The Morgan fingerprint density at radius 1 is 1.14 bits per heavy atom. The molecule has 0 amide bonds. The molecule has 0 fully saturated rings. The van der Waals surface area contributed by atoms with Crippen LogP contribution in [0.25, 0.3) is 11.1 Å². The van der Waals surface area contributed by atoms with Crippen molar-refractivity contribution in [3.05, 3.63) is 83.7 Å². The van der Waals surface area contributed by atoms with Gasteiger partial charge in [0.05, 0.1) is 17.7 Å². The van der Waals surface area contributed by atoms with Crippen LogP contribution in [0.1, 0.15) is 30.0 Å². The number of nitriles is 1. The molecule has 0 saturated carbocycles. The van der Waals surface area contributed by atoms with Crippen molar-refractivity contribution in [1.29, 1.82) is 5.26 Å². The molecule has 0 spiro atoms. The lowest BCUT2D eigenvalue weighted by atomic mass is 9.99. The summed E-state index contributed by atoms with van der Waals surface area (Å²) in [5, 5.41) is 19.4. The maximum atomic E-state index is 10.4. The summed E-state index contributed by atoms with van der Waals surface area (Å²) in [6, 6.07) is 19.6. The van der Waals surface area contributed by atoms with Gasteiger partial charge in [-0.1, -0.05) is 24.3 Å². The second-order valence-corrected chi connectivity index (χ2v) is 6.96. The van der Waals surface area contributed by atoms with Crippen LogP contribution < -0.4 is 4.74 Å². The molecule has 2 unspecified atom stereocenters. The Balaban J connectivity index is 1.59. The first-order valence-electron chi connectivity index (χ1n) is 9.41. The summed E-state index contributed by atoms with van der Waals surface area (Å²) in [6.07, 6.45) is 4.09. The van der Waals surface area contributed by atoms with Crippen LogP contribution >= 0.6 is 0 Å². The first-order chi connectivity index (χ1) is 13.6. The van der Waals surface area contributed by atoms with E-state index < -0.39 is 6.10 Å². The van der Waals surface area contributed by atoms with E-state index in [0.717, 1.165) is 34.4 Å². The first kappa shape index (κ1) is 19.6. The third-order valence-electron chi connectivity index (χ3n) is 4.84. The van der Waals surface area contributed by atoms with E-state index in [0.29, 0.717) is 12.0 Å². The van der Waals surface area contributed by atoms with E-state index in [2.05, 4.69) is 11.1 Å². The minimum atomic E-state index is -0.555. The van der Waals surface area contributed by atoms with Crippen molar-refractivity contribution >= 4 is 0 Å². The maximum absolute atomic E-state index is 10.4. The Morgan fingerprint density at radius 2 is 1.93 bits per heavy atom. The number of aliphatic hydroxyl groups is 1. The molecule has 1 N–H and O–H groups in total. The number of aliphatic hydroxyl groups excluding tert-OH is 1. The summed E-state index contributed by atoms with van der Waals surface area (Å²) in [7, 11) is 0. The number of nitrogens with zero attached hydrogens (tertiary/aromatic N) is 2. The zero-order valence-corrected chi connectivity index (χ0v) is 16.2. The van der Waals surface area contributed by atoms with Gasteiger partial charge in [-0.15, -0.1) is 0 Å². The van der Waals surface area contributed by atoms with E-state index in [1.165, 1.54) is 0 Å². The molecular weight excluding hydrogens is 348 g/mol. The lowest BCUT2D eigenvalue weighted by Crippen LogP contribution is -2.29. The topological polar surface area (TPSA) is 66.1 Å². The Labute approximate surface area is 166 Å². The fourth-order valence-corrected chi connectivity index (χ4v) is 3.16. The van der Waals surface area contributed by atoms with Crippen LogP contribution in [0.2, 0.25) is 0 Å². The quantitative estimate of drug-likeness (QED) is 0.653. The highest BCUT2D eigenvalue weighted by atomic mass is 16.5. The van der Waals surface area contributed by atoms with Crippen LogP contribution in [-0.2, 0) is 6.42 Å². The number of benzene rings is 2.